The number of aromatic nitrogens is 1. The van der Waals surface area contributed by atoms with Gasteiger partial charge in [0, 0.05) is 23.2 Å². The lowest BCUT2D eigenvalue weighted by Gasteiger charge is -2.24. The van der Waals surface area contributed by atoms with E-state index in [-0.39, 0.29) is 6.09 Å². The van der Waals surface area contributed by atoms with Crippen molar-refractivity contribution in [1.82, 2.24) is 9.88 Å². The summed E-state index contributed by atoms with van der Waals surface area (Å²) in [7, 11) is 0. The van der Waals surface area contributed by atoms with Gasteiger partial charge in [-0.1, -0.05) is 11.3 Å². The van der Waals surface area contributed by atoms with E-state index < -0.39 is 5.60 Å². The first kappa shape index (κ1) is 16.4. The molecular weight excluding hydrogens is 330 g/mol. The Hall–Kier alpha value is -1.47. The highest BCUT2D eigenvalue weighted by Crippen LogP contribution is 2.34. The number of thiazole rings is 1. The molecule has 5 nitrogen and oxygen atoms in total. The van der Waals surface area contributed by atoms with Crippen LogP contribution in [0.25, 0.3) is 10.2 Å². The summed E-state index contributed by atoms with van der Waals surface area (Å²) in [6, 6.07) is 6.21. The van der Waals surface area contributed by atoms with Crippen LogP contribution in [-0.2, 0) is 4.74 Å². The number of hydrogen-bond donors (Lipinski definition) is 1. The number of ether oxygens (including phenoxy) is 1. The van der Waals surface area contributed by atoms with Crippen molar-refractivity contribution in [3.8, 4) is 0 Å². The van der Waals surface area contributed by atoms with Crippen molar-refractivity contribution in [3.05, 3.63) is 18.2 Å². The van der Waals surface area contributed by atoms with E-state index in [4.69, 9.17) is 10.5 Å². The van der Waals surface area contributed by atoms with E-state index in [1.165, 1.54) is 16.2 Å². The number of carbonyl (C=O) groups excluding carboxylic acids is 1. The van der Waals surface area contributed by atoms with Crippen LogP contribution in [0.2, 0.25) is 0 Å². The largest absolute Gasteiger partial charge is 0.444 e. The third kappa shape index (κ3) is 4.09. The first-order chi connectivity index (χ1) is 10.8. The van der Waals surface area contributed by atoms with Gasteiger partial charge in [0.15, 0.2) is 5.13 Å². The Morgan fingerprint density at radius 1 is 1.48 bits per heavy atom. The zero-order chi connectivity index (χ0) is 16.6. The molecule has 23 heavy (non-hydrogen) atoms. The first-order valence-electron chi connectivity index (χ1n) is 7.61. The number of nitrogens with two attached hydrogens (primary N) is 1. The molecule has 3 rings (SSSR count). The number of anilines is 1. The van der Waals surface area contributed by atoms with Gasteiger partial charge in [-0.05, 0) is 45.4 Å². The minimum absolute atomic E-state index is 0.216. The number of thioether (sulfide) groups is 1. The molecule has 0 bridgehead atoms. The number of likely N-dealkylation sites (tertiary alicyclic amines) is 1. The highest BCUT2D eigenvalue weighted by Gasteiger charge is 2.30. The number of amides is 1. The summed E-state index contributed by atoms with van der Waals surface area (Å²) in [5.74, 6) is 0. The van der Waals surface area contributed by atoms with Crippen molar-refractivity contribution in [1.29, 1.82) is 0 Å². The van der Waals surface area contributed by atoms with Crippen molar-refractivity contribution in [2.75, 3.05) is 18.8 Å². The summed E-state index contributed by atoms with van der Waals surface area (Å²) in [6.07, 6.45) is 0.763. The second kappa shape index (κ2) is 6.20. The number of rotatable bonds is 2. The Morgan fingerprint density at radius 3 is 3.00 bits per heavy atom. The zero-order valence-electron chi connectivity index (χ0n) is 13.5. The molecule has 1 aliphatic heterocycles. The van der Waals surface area contributed by atoms with Crippen molar-refractivity contribution >= 4 is 44.5 Å². The maximum Gasteiger partial charge on any atom is 0.410 e. The predicted molar refractivity (Wildman–Crippen MR) is 96.1 cm³/mol. The second-order valence-electron chi connectivity index (χ2n) is 6.64. The standard InChI is InChI=1S/C16H21N3O2S2/c1-16(2,3)21-15(20)19-7-6-11(9-19)22-10-4-5-12-13(8-10)23-14(17)18-12/h4-5,8,11H,6-7,9H2,1-3H3,(H2,17,18)/t11-/m1/s1. The van der Waals surface area contributed by atoms with Crippen molar-refractivity contribution in [3.63, 3.8) is 0 Å². The summed E-state index contributed by atoms with van der Waals surface area (Å²) in [6.45, 7) is 7.15. The van der Waals surface area contributed by atoms with E-state index in [2.05, 4.69) is 17.1 Å². The smallest absolute Gasteiger partial charge is 0.410 e. The minimum atomic E-state index is -0.445. The van der Waals surface area contributed by atoms with E-state index in [9.17, 15) is 4.79 Å². The van der Waals surface area contributed by atoms with Crippen LogP contribution in [0, 0.1) is 0 Å². The van der Waals surface area contributed by atoms with Gasteiger partial charge in [-0.25, -0.2) is 9.78 Å². The summed E-state index contributed by atoms with van der Waals surface area (Å²) in [5.41, 5.74) is 6.25. The summed E-state index contributed by atoms with van der Waals surface area (Å²) in [5, 5.41) is 0.990. The molecule has 1 aliphatic rings. The zero-order valence-corrected chi connectivity index (χ0v) is 15.2. The van der Waals surface area contributed by atoms with E-state index in [1.807, 2.05) is 26.8 Å². The van der Waals surface area contributed by atoms with Crippen LogP contribution in [0.4, 0.5) is 9.93 Å². The normalized spacial score (nSPS) is 18.6. The lowest BCUT2D eigenvalue weighted by atomic mass is 10.2. The molecule has 124 valence electrons. The SMILES string of the molecule is CC(C)(C)OC(=O)N1CC[C@@H](Sc2ccc3nc(N)sc3c2)C1. The molecule has 0 saturated carbocycles. The third-order valence-electron chi connectivity index (χ3n) is 3.48. The van der Waals surface area contributed by atoms with Gasteiger partial charge in [0.25, 0.3) is 0 Å². The van der Waals surface area contributed by atoms with Gasteiger partial charge >= 0.3 is 6.09 Å². The maximum atomic E-state index is 12.1. The molecule has 1 amide bonds. The fourth-order valence-corrected chi connectivity index (χ4v) is 4.55. The summed E-state index contributed by atoms with van der Waals surface area (Å²) in [4.78, 5) is 19.4. The van der Waals surface area contributed by atoms with Gasteiger partial charge in [0.1, 0.15) is 5.60 Å². The van der Waals surface area contributed by atoms with Gasteiger partial charge in [0.2, 0.25) is 0 Å². The average molecular weight is 351 g/mol. The van der Waals surface area contributed by atoms with Crippen LogP contribution >= 0.6 is 23.1 Å². The van der Waals surface area contributed by atoms with Crippen LogP contribution in [0.15, 0.2) is 23.1 Å². The first-order valence-corrected chi connectivity index (χ1v) is 9.30. The van der Waals surface area contributed by atoms with E-state index in [0.717, 1.165) is 29.7 Å². The summed E-state index contributed by atoms with van der Waals surface area (Å²) < 4.78 is 6.54. The number of carbonyl (C=O) groups is 1. The lowest BCUT2D eigenvalue weighted by Crippen LogP contribution is -2.35. The Kier molecular flexibility index (Phi) is 4.42. The number of nitrogen functional groups attached to an aromatic ring is 1. The van der Waals surface area contributed by atoms with E-state index >= 15 is 0 Å². The van der Waals surface area contributed by atoms with E-state index in [1.54, 1.807) is 16.7 Å². The van der Waals surface area contributed by atoms with Gasteiger partial charge in [-0.3, -0.25) is 0 Å². The highest BCUT2D eigenvalue weighted by atomic mass is 32.2. The molecule has 0 aliphatic carbocycles. The van der Waals surface area contributed by atoms with Gasteiger partial charge in [-0.2, -0.15) is 0 Å². The lowest BCUT2D eigenvalue weighted by molar-refractivity contribution is 0.0295. The van der Waals surface area contributed by atoms with Crippen molar-refractivity contribution < 1.29 is 9.53 Å². The predicted octanol–water partition coefficient (Wildman–Crippen LogP) is 3.98. The molecule has 2 aromatic rings. The molecular formula is C16H21N3O2S2. The Balaban J connectivity index is 1.61. The molecule has 1 aromatic carbocycles. The van der Waals surface area contributed by atoms with Crippen LogP contribution in [0.5, 0.6) is 0 Å². The molecule has 0 unspecified atom stereocenters. The van der Waals surface area contributed by atoms with Crippen LogP contribution in [0.3, 0.4) is 0 Å². The molecule has 1 aromatic heterocycles. The topological polar surface area (TPSA) is 68.5 Å². The Labute approximate surface area is 144 Å². The molecule has 0 radical (unpaired) electrons. The molecule has 1 saturated heterocycles. The Bertz CT molecular complexity index is 724. The number of nitrogens with zero attached hydrogens (tertiary/aromatic N) is 2. The highest BCUT2D eigenvalue weighted by molar-refractivity contribution is 8.00. The fourth-order valence-electron chi connectivity index (χ4n) is 2.51. The third-order valence-corrected chi connectivity index (χ3v) is 5.57. The maximum absolute atomic E-state index is 12.1. The molecule has 1 atom stereocenters. The number of hydrogen-bond acceptors (Lipinski definition) is 6. The minimum Gasteiger partial charge on any atom is -0.444 e. The quantitative estimate of drug-likeness (QED) is 0.886. The Morgan fingerprint density at radius 2 is 2.26 bits per heavy atom. The molecule has 2 heterocycles. The van der Waals surface area contributed by atoms with Gasteiger partial charge in [0.05, 0.1) is 10.2 Å². The van der Waals surface area contributed by atoms with Crippen molar-refractivity contribution in [2.45, 2.75) is 42.9 Å². The number of benzene rings is 1. The monoisotopic (exact) mass is 351 g/mol. The van der Waals surface area contributed by atoms with Gasteiger partial charge in [-0.15, -0.1) is 11.8 Å². The van der Waals surface area contributed by atoms with Crippen LogP contribution in [-0.4, -0.2) is 39.9 Å². The fraction of sp³-hybridized carbons (Fsp3) is 0.500. The molecule has 7 heteroatoms. The van der Waals surface area contributed by atoms with Crippen molar-refractivity contribution in [2.24, 2.45) is 0 Å². The molecule has 2 N–H and O–H groups in total. The van der Waals surface area contributed by atoms with Crippen LogP contribution in [0.1, 0.15) is 27.2 Å². The van der Waals surface area contributed by atoms with E-state index in [0.29, 0.717) is 10.4 Å². The van der Waals surface area contributed by atoms with Gasteiger partial charge < -0.3 is 15.4 Å². The molecule has 1 fully saturated rings. The second-order valence-corrected chi connectivity index (χ2v) is 9.07. The molecule has 0 spiro atoms. The average Bonchev–Trinajstić information content (AvgIpc) is 3.02. The van der Waals surface area contributed by atoms with Crippen LogP contribution < -0.4 is 5.73 Å². The summed E-state index contributed by atoms with van der Waals surface area (Å²) >= 11 is 3.31. The number of fused-ring (bicyclic) bond motifs is 1.